The molecule has 1 atom stereocenters. The maximum absolute atomic E-state index is 11.5. The Morgan fingerprint density at radius 2 is 2.17 bits per heavy atom. The molecule has 0 radical (unpaired) electrons. The summed E-state index contributed by atoms with van der Waals surface area (Å²) in [7, 11) is 1.73. The molecule has 0 aliphatic rings. The number of amides is 1. The molecule has 5 heteroatoms. The van der Waals surface area contributed by atoms with Crippen molar-refractivity contribution in [1.29, 1.82) is 0 Å². The van der Waals surface area contributed by atoms with Crippen LogP contribution < -0.4 is 10.5 Å². The predicted molar refractivity (Wildman–Crippen MR) is 75.2 cm³/mol. The van der Waals surface area contributed by atoms with Crippen LogP contribution in [0, 0.1) is 6.92 Å². The Balaban J connectivity index is 0.00000289. The number of nitrogens with zero attached hydrogens (tertiary/aromatic N) is 1. The zero-order chi connectivity index (χ0) is 12.8. The minimum Gasteiger partial charge on any atom is -0.492 e. The van der Waals surface area contributed by atoms with Gasteiger partial charge in [0, 0.05) is 7.05 Å². The first-order valence-electron chi connectivity index (χ1n) is 5.70. The molecule has 0 aliphatic heterocycles. The molecular formula is C13H21ClN2O2. The van der Waals surface area contributed by atoms with Crippen molar-refractivity contribution in [3.63, 3.8) is 0 Å². The molecule has 0 spiro atoms. The van der Waals surface area contributed by atoms with Crippen LogP contribution in [0.3, 0.4) is 0 Å². The van der Waals surface area contributed by atoms with E-state index in [1.54, 1.807) is 18.9 Å². The molecule has 0 aromatic heterocycles. The summed E-state index contributed by atoms with van der Waals surface area (Å²) in [5, 5.41) is 0. The third-order valence-electron chi connectivity index (χ3n) is 2.45. The fourth-order valence-corrected chi connectivity index (χ4v) is 1.46. The van der Waals surface area contributed by atoms with Crippen LogP contribution in [0.15, 0.2) is 24.3 Å². The van der Waals surface area contributed by atoms with Crippen molar-refractivity contribution in [2.45, 2.75) is 19.9 Å². The van der Waals surface area contributed by atoms with Gasteiger partial charge in [0.2, 0.25) is 5.91 Å². The van der Waals surface area contributed by atoms with E-state index >= 15 is 0 Å². The van der Waals surface area contributed by atoms with E-state index in [1.807, 2.05) is 31.2 Å². The van der Waals surface area contributed by atoms with Crippen molar-refractivity contribution < 1.29 is 9.53 Å². The molecule has 18 heavy (non-hydrogen) atoms. The van der Waals surface area contributed by atoms with Gasteiger partial charge in [-0.25, -0.2) is 0 Å². The molecule has 0 bridgehead atoms. The molecule has 1 amide bonds. The second-order valence-electron chi connectivity index (χ2n) is 4.21. The molecule has 1 aromatic carbocycles. The molecular weight excluding hydrogens is 252 g/mol. The minimum atomic E-state index is -0.459. The summed E-state index contributed by atoms with van der Waals surface area (Å²) in [4.78, 5) is 13.1. The summed E-state index contributed by atoms with van der Waals surface area (Å²) in [6.07, 6.45) is 0. The number of rotatable bonds is 5. The van der Waals surface area contributed by atoms with Crippen LogP contribution in [0.2, 0.25) is 0 Å². The molecule has 1 rings (SSSR count). The van der Waals surface area contributed by atoms with Gasteiger partial charge < -0.3 is 15.4 Å². The average molecular weight is 273 g/mol. The Morgan fingerprint density at radius 3 is 2.72 bits per heavy atom. The van der Waals surface area contributed by atoms with Gasteiger partial charge in [-0.1, -0.05) is 12.1 Å². The van der Waals surface area contributed by atoms with Gasteiger partial charge in [-0.05, 0) is 31.5 Å². The van der Waals surface area contributed by atoms with Gasteiger partial charge in [0.15, 0.2) is 0 Å². The van der Waals surface area contributed by atoms with E-state index in [9.17, 15) is 4.79 Å². The Bertz CT molecular complexity index is 383. The molecule has 102 valence electrons. The highest BCUT2D eigenvalue weighted by atomic mass is 35.5. The first kappa shape index (κ1) is 16.7. The van der Waals surface area contributed by atoms with Crippen LogP contribution in [0.1, 0.15) is 12.5 Å². The largest absolute Gasteiger partial charge is 0.492 e. The number of benzene rings is 1. The number of hydrogen-bond donors (Lipinski definition) is 1. The van der Waals surface area contributed by atoms with Crippen molar-refractivity contribution in [3.05, 3.63) is 29.8 Å². The zero-order valence-electron chi connectivity index (χ0n) is 11.1. The maximum atomic E-state index is 11.5. The van der Waals surface area contributed by atoms with Crippen LogP contribution >= 0.6 is 12.4 Å². The second-order valence-corrected chi connectivity index (χ2v) is 4.21. The maximum Gasteiger partial charge on any atom is 0.239 e. The van der Waals surface area contributed by atoms with E-state index in [0.717, 1.165) is 11.3 Å². The molecule has 0 unspecified atom stereocenters. The van der Waals surface area contributed by atoms with Gasteiger partial charge in [0.05, 0.1) is 12.6 Å². The number of carbonyl (C=O) groups is 1. The fraction of sp³-hybridized carbons (Fsp3) is 0.462. The lowest BCUT2D eigenvalue weighted by Crippen LogP contribution is -2.41. The summed E-state index contributed by atoms with van der Waals surface area (Å²) >= 11 is 0. The van der Waals surface area contributed by atoms with E-state index in [-0.39, 0.29) is 18.3 Å². The van der Waals surface area contributed by atoms with Gasteiger partial charge >= 0.3 is 0 Å². The normalized spacial score (nSPS) is 11.3. The van der Waals surface area contributed by atoms with Crippen molar-refractivity contribution >= 4 is 18.3 Å². The van der Waals surface area contributed by atoms with E-state index < -0.39 is 6.04 Å². The van der Waals surface area contributed by atoms with Crippen LogP contribution in [0.5, 0.6) is 5.75 Å². The molecule has 0 aliphatic carbocycles. The molecule has 0 saturated carbocycles. The Morgan fingerprint density at radius 1 is 1.50 bits per heavy atom. The summed E-state index contributed by atoms with van der Waals surface area (Å²) in [6, 6.07) is 7.37. The highest BCUT2D eigenvalue weighted by molar-refractivity contribution is 5.85. The Kier molecular flexibility index (Phi) is 7.39. The third-order valence-corrected chi connectivity index (χ3v) is 2.45. The fourth-order valence-electron chi connectivity index (χ4n) is 1.46. The average Bonchev–Trinajstić information content (AvgIpc) is 2.27. The smallest absolute Gasteiger partial charge is 0.239 e. The van der Waals surface area contributed by atoms with E-state index in [2.05, 4.69) is 0 Å². The quantitative estimate of drug-likeness (QED) is 0.886. The van der Waals surface area contributed by atoms with Gasteiger partial charge in [-0.3, -0.25) is 4.79 Å². The van der Waals surface area contributed by atoms with Crippen molar-refractivity contribution in [2.24, 2.45) is 5.73 Å². The van der Waals surface area contributed by atoms with Crippen LogP contribution in [-0.2, 0) is 4.79 Å². The molecule has 1 aromatic rings. The van der Waals surface area contributed by atoms with Gasteiger partial charge in [0.25, 0.3) is 0 Å². The number of hydrogen-bond acceptors (Lipinski definition) is 3. The van der Waals surface area contributed by atoms with E-state index in [0.29, 0.717) is 13.2 Å². The van der Waals surface area contributed by atoms with Crippen molar-refractivity contribution in [1.82, 2.24) is 4.90 Å². The van der Waals surface area contributed by atoms with Crippen LogP contribution in [0.25, 0.3) is 0 Å². The summed E-state index contributed by atoms with van der Waals surface area (Å²) in [5.74, 6) is 0.754. The lowest BCUT2D eigenvalue weighted by atomic mass is 10.2. The number of nitrogens with two attached hydrogens (primary N) is 1. The first-order chi connectivity index (χ1) is 8.00. The molecule has 4 nitrogen and oxygen atoms in total. The SMILES string of the molecule is Cc1cccc(OCCN(C)C(=O)[C@@H](C)N)c1.Cl. The number of carbonyl (C=O) groups excluding carboxylic acids is 1. The Labute approximate surface area is 115 Å². The molecule has 2 N–H and O–H groups in total. The minimum absolute atomic E-state index is 0. The lowest BCUT2D eigenvalue weighted by molar-refractivity contribution is -0.131. The number of ether oxygens (including phenoxy) is 1. The molecule has 0 saturated heterocycles. The van der Waals surface area contributed by atoms with Crippen molar-refractivity contribution in [2.75, 3.05) is 20.2 Å². The van der Waals surface area contributed by atoms with Crippen LogP contribution in [-0.4, -0.2) is 37.0 Å². The predicted octanol–water partition coefficient (Wildman–Crippen LogP) is 1.60. The topological polar surface area (TPSA) is 55.6 Å². The van der Waals surface area contributed by atoms with Crippen molar-refractivity contribution in [3.8, 4) is 5.75 Å². The second kappa shape index (κ2) is 7.95. The zero-order valence-corrected chi connectivity index (χ0v) is 11.9. The summed E-state index contributed by atoms with van der Waals surface area (Å²) in [5.41, 5.74) is 6.66. The summed E-state index contributed by atoms with van der Waals surface area (Å²) < 4.78 is 5.55. The number of likely N-dealkylation sites (N-methyl/N-ethyl adjacent to an activating group) is 1. The number of halogens is 1. The summed E-state index contributed by atoms with van der Waals surface area (Å²) in [6.45, 7) is 4.70. The monoisotopic (exact) mass is 272 g/mol. The lowest BCUT2D eigenvalue weighted by Gasteiger charge is -2.19. The molecule has 0 fully saturated rings. The highest BCUT2D eigenvalue weighted by Gasteiger charge is 2.12. The third kappa shape index (κ3) is 5.38. The highest BCUT2D eigenvalue weighted by Crippen LogP contribution is 2.11. The van der Waals surface area contributed by atoms with Gasteiger partial charge in [0.1, 0.15) is 12.4 Å². The standard InChI is InChI=1S/C13H20N2O2.ClH/c1-10-5-4-6-12(9-10)17-8-7-15(3)13(16)11(2)14;/h4-6,9,11H,7-8,14H2,1-3H3;1H/t11-;/m1./s1. The van der Waals surface area contributed by atoms with Crippen LogP contribution in [0.4, 0.5) is 0 Å². The first-order valence-corrected chi connectivity index (χ1v) is 5.70. The van der Waals surface area contributed by atoms with Gasteiger partial charge in [-0.15, -0.1) is 12.4 Å². The Hall–Kier alpha value is -1.26. The van der Waals surface area contributed by atoms with E-state index in [4.69, 9.17) is 10.5 Å². The molecule has 0 heterocycles. The number of aryl methyl sites for hydroxylation is 1. The van der Waals surface area contributed by atoms with Gasteiger partial charge in [-0.2, -0.15) is 0 Å². The van der Waals surface area contributed by atoms with E-state index in [1.165, 1.54) is 0 Å².